The number of nitrogens with zero attached hydrogens (tertiary/aromatic N) is 4. The number of hydrogen-bond acceptors (Lipinski definition) is 7. The van der Waals surface area contributed by atoms with E-state index in [9.17, 15) is 14.4 Å². The van der Waals surface area contributed by atoms with Crippen LogP contribution in [0.2, 0.25) is 0 Å². The third-order valence-electron chi connectivity index (χ3n) is 11.1. The molecule has 1 saturated heterocycles. The summed E-state index contributed by atoms with van der Waals surface area (Å²) in [5.41, 5.74) is 8.49. The average Bonchev–Trinajstić information content (AvgIpc) is 3.02. The van der Waals surface area contributed by atoms with Crippen molar-refractivity contribution in [2.45, 2.75) is 63.6 Å². The minimum Gasteiger partial charge on any atom is -0.469 e. The van der Waals surface area contributed by atoms with Crippen LogP contribution in [0.5, 0.6) is 0 Å². The summed E-state index contributed by atoms with van der Waals surface area (Å²) in [7, 11) is 1.45. The van der Waals surface area contributed by atoms with Gasteiger partial charge in [0.1, 0.15) is 6.17 Å². The molecule has 5 fully saturated rings. The summed E-state index contributed by atoms with van der Waals surface area (Å²) in [5, 5.41) is 3.44. The fourth-order valence-corrected chi connectivity index (χ4v) is 9.33. The highest BCUT2D eigenvalue weighted by Crippen LogP contribution is 2.60. The van der Waals surface area contributed by atoms with Crippen LogP contribution in [0.1, 0.15) is 51.4 Å². The van der Waals surface area contributed by atoms with Gasteiger partial charge in [-0.25, -0.2) is 4.79 Å². The number of nitrogens with two attached hydrogens (primary N) is 1. The van der Waals surface area contributed by atoms with Crippen molar-refractivity contribution in [2.24, 2.45) is 34.8 Å². The van der Waals surface area contributed by atoms with Gasteiger partial charge in [-0.3, -0.25) is 19.5 Å². The number of rotatable bonds is 6. The van der Waals surface area contributed by atoms with E-state index in [2.05, 4.69) is 32.2 Å². The Morgan fingerprint density at radius 2 is 1.74 bits per heavy atom. The van der Waals surface area contributed by atoms with E-state index in [4.69, 9.17) is 10.5 Å². The Bertz CT molecular complexity index is 1370. The van der Waals surface area contributed by atoms with Crippen molar-refractivity contribution in [1.82, 2.24) is 10.3 Å². The van der Waals surface area contributed by atoms with E-state index in [1.54, 1.807) is 6.20 Å². The van der Waals surface area contributed by atoms with Crippen LogP contribution in [0.25, 0.3) is 0 Å². The second-order valence-corrected chi connectivity index (χ2v) is 13.5. The summed E-state index contributed by atoms with van der Waals surface area (Å²) >= 11 is 0. The maximum Gasteiger partial charge on any atom is 0.322 e. The number of hydrogen-bond donors (Lipinski definition) is 2. The fourth-order valence-electron chi connectivity index (χ4n) is 9.33. The van der Waals surface area contributed by atoms with Gasteiger partial charge in [-0.05, 0) is 92.9 Å². The number of carbonyl (C=O) groups excluding carboxylic acids is 3. The predicted octanol–water partition coefficient (Wildman–Crippen LogP) is 3.90. The van der Waals surface area contributed by atoms with E-state index < -0.39 is 0 Å². The number of fused-ring (bicyclic) bond motifs is 1. The van der Waals surface area contributed by atoms with Crippen molar-refractivity contribution in [2.75, 3.05) is 41.4 Å². The van der Waals surface area contributed by atoms with Gasteiger partial charge in [0.2, 0.25) is 5.91 Å². The Hall–Kier alpha value is -3.82. The Kier molecular flexibility index (Phi) is 7.18. The molecule has 43 heavy (non-hydrogen) atoms. The summed E-state index contributed by atoms with van der Waals surface area (Å²) in [5.74, 6) is 1.04. The van der Waals surface area contributed by atoms with Crippen molar-refractivity contribution in [3.05, 3.63) is 48.8 Å². The second kappa shape index (κ2) is 11.0. The molecular weight excluding hydrogens is 544 g/mol. The lowest BCUT2D eigenvalue weighted by atomic mass is 9.47. The zero-order valence-electron chi connectivity index (χ0n) is 24.9. The van der Waals surface area contributed by atoms with Crippen LogP contribution in [0, 0.1) is 29.1 Å². The fraction of sp³-hybridized carbons (Fsp3) is 0.576. The molecule has 3 N–H and O–H groups in total. The van der Waals surface area contributed by atoms with Gasteiger partial charge in [0, 0.05) is 43.7 Å². The molecule has 3 heterocycles. The van der Waals surface area contributed by atoms with Gasteiger partial charge in [-0.15, -0.1) is 0 Å². The maximum atomic E-state index is 14.0. The highest BCUT2D eigenvalue weighted by molar-refractivity contribution is 5.97. The van der Waals surface area contributed by atoms with Crippen LogP contribution < -0.4 is 25.8 Å². The number of benzene rings is 1. The van der Waals surface area contributed by atoms with Crippen LogP contribution in [-0.4, -0.2) is 61.8 Å². The van der Waals surface area contributed by atoms with Crippen molar-refractivity contribution in [1.29, 1.82) is 0 Å². The van der Waals surface area contributed by atoms with Gasteiger partial charge in [0.05, 0.1) is 30.4 Å². The monoisotopic (exact) mass is 586 g/mol. The molecule has 1 aromatic carbocycles. The first kappa shape index (κ1) is 28.0. The number of anilines is 3. The first-order chi connectivity index (χ1) is 20.8. The van der Waals surface area contributed by atoms with Gasteiger partial charge in [0.15, 0.2) is 0 Å². The van der Waals surface area contributed by atoms with E-state index in [-0.39, 0.29) is 41.4 Å². The van der Waals surface area contributed by atoms with E-state index in [0.29, 0.717) is 37.3 Å². The highest BCUT2D eigenvalue weighted by Gasteiger charge is 2.58. The lowest BCUT2D eigenvalue weighted by Crippen LogP contribution is -2.64. The van der Waals surface area contributed by atoms with Gasteiger partial charge in [-0.1, -0.05) is 12.1 Å². The number of aromatic nitrogens is 1. The Morgan fingerprint density at radius 3 is 2.44 bits per heavy atom. The molecular formula is C33H42N6O4. The molecule has 0 radical (unpaired) electrons. The van der Waals surface area contributed by atoms with Crippen LogP contribution in [0.15, 0.2) is 48.8 Å². The first-order valence-electron chi connectivity index (χ1n) is 15.8. The number of primary amides is 1. The third-order valence-corrected chi connectivity index (χ3v) is 11.1. The highest BCUT2D eigenvalue weighted by atomic mass is 16.5. The van der Waals surface area contributed by atoms with Crippen molar-refractivity contribution < 1.29 is 19.1 Å². The van der Waals surface area contributed by atoms with Gasteiger partial charge >= 0.3 is 12.0 Å². The van der Waals surface area contributed by atoms with Crippen LogP contribution in [0.4, 0.5) is 21.9 Å². The molecule has 8 rings (SSSR count). The maximum absolute atomic E-state index is 14.0. The molecule has 10 nitrogen and oxygen atoms in total. The summed E-state index contributed by atoms with van der Waals surface area (Å²) in [6.45, 7) is 2.03. The van der Waals surface area contributed by atoms with Crippen LogP contribution >= 0.6 is 0 Å². The van der Waals surface area contributed by atoms with Gasteiger partial charge < -0.3 is 25.6 Å². The van der Waals surface area contributed by atoms with Crippen molar-refractivity contribution in [3.63, 3.8) is 0 Å². The Balaban J connectivity index is 1.13. The number of carbonyl (C=O) groups is 3. The van der Waals surface area contributed by atoms with Crippen LogP contribution in [0.3, 0.4) is 0 Å². The SMILES string of the molecule is COC(=O)C[C@@H]1CCN(c2cccnc2)[C@@H](N2CCN(C(=O)NC3C4CC5CC3CC(C(N)=O)(C5)C4)c3ccccc32)C1. The molecule has 4 bridgehead atoms. The summed E-state index contributed by atoms with van der Waals surface area (Å²) in [4.78, 5) is 49.7. The number of pyridine rings is 1. The molecule has 2 aromatic rings. The molecule has 1 aromatic heterocycles. The topological polar surface area (TPSA) is 121 Å². The normalized spacial score (nSPS) is 32.7. The molecule has 10 heteroatoms. The number of ether oxygens (including phenoxy) is 1. The Labute approximate surface area is 252 Å². The lowest BCUT2D eigenvalue weighted by molar-refractivity contribution is -0.145. The van der Waals surface area contributed by atoms with Crippen LogP contribution in [-0.2, 0) is 14.3 Å². The zero-order chi connectivity index (χ0) is 29.7. The van der Waals surface area contributed by atoms with E-state index in [1.165, 1.54) is 7.11 Å². The van der Waals surface area contributed by atoms with Gasteiger partial charge in [-0.2, -0.15) is 0 Å². The minimum atomic E-state index is -0.373. The smallest absolute Gasteiger partial charge is 0.322 e. The van der Waals surface area contributed by atoms with Gasteiger partial charge in [0.25, 0.3) is 0 Å². The predicted molar refractivity (Wildman–Crippen MR) is 163 cm³/mol. The Morgan fingerprint density at radius 1 is 0.977 bits per heavy atom. The van der Waals surface area contributed by atoms with E-state index >= 15 is 0 Å². The quantitative estimate of drug-likeness (QED) is 0.493. The molecule has 4 aliphatic carbocycles. The molecule has 2 aliphatic heterocycles. The number of esters is 1. The number of nitrogens with one attached hydrogen (secondary N) is 1. The number of methoxy groups -OCH3 is 1. The average molecular weight is 587 g/mol. The molecule has 4 atom stereocenters. The standard InChI is InChI=1S/C33H42N6O4/c1-43-29(40)16-21-8-10-37(25-5-4-9-35-20-25)28(15-21)38-11-12-39(27-7-3-2-6-26(27)38)32(42)36-30-23-13-22-14-24(30)19-33(17-22,18-23)31(34)41/h2-7,9,20-24,28,30H,8,10-19H2,1H3,(H2,34,41)(H,36,42)/t21-,22?,23?,24?,28+,30?,33?/m1/s1. The molecule has 2 unspecified atom stereocenters. The lowest BCUT2D eigenvalue weighted by Gasteiger charge is -2.59. The summed E-state index contributed by atoms with van der Waals surface area (Å²) < 4.78 is 5.01. The number of urea groups is 1. The van der Waals surface area contributed by atoms with E-state index in [0.717, 1.165) is 68.6 Å². The molecule has 4 saturated carbocycles. The third kappa shape index (κ3) is 4.98. The summed E-state index contributed by atoms with van der Waals surface area (Å²) in [6, 6.07) is 12.2. The molecule has 3 amide bonds. The zero-order valence-corrected chi connectivity index (χ0v) is 24.9. The van der Waals surface area contributed by atoms with E-state index in [1.807, 2.05) is 35.4 Å². The summed E-state index contributed by atoms with van der Waals surface area (Å²) in [6.07, 6.45) is 10.4. The first-order valence-corrected chi connectivity index (χ1v) is 15.8. The number of piperidine rings is 1. The largest absolute Gasteiger partial charge is 0.469 e. The van der Waals surface area contributed by atoms with Crippen molar-refractivity contribution in [3.8, 4) is 0 Å². The molecule has 6 aliphatic rings. The number of para-hydroxylation sites is 2. The second-order valence-electron chi connectivity index (χ2n) is 13.5. The number of amides is 3. The molecule has 228 valence electrons. The minimum absolute atomic E-state index is 0.00776. The van der Waals surface area contributed by atoms with Crippen molar-refractivity contribution >= 4 is 35.0 Å². The molecule has 0 spiro atoms.